The van der Waals surface area contributed by atoms with Gasteiger partial charge in [-0.1, -0.05) is 18.5 Å². The van der Waals surface area contributed by atoms with E-state index in [0.717, 1.165) is 30.7 Å². The molecule has 2 unspecified atom stereocenters. The zero-order valence-corrected chi connectivity index (χ0v) is 14.5. The Morgan fingerprint density at radius 1 is 1.43 bits per heavy atom. The third kappa shape index (κ3) is 2.54. The van der Waals surface area contributed by atoms with Crippen molar-refractivity contribution >= 4 is 28.8 Å². The van der Waals surface area contributed by atoms with Crippen LogP contribution in [-0.4, -0.2) is 23.5 Å². The molecule has 2 aliphatic heterocycles. The number of hydrogen-bond acceptors (Lipinski definition) is 3. The molecule has 0 saturated carbocycles. The lowest BCUT2D eigenvalue weighted by Crippen LogP contribution is -2.46. The molecule has 23 heavy (non-hydrogen) atoms. The first-order valence-corrected chi connectivity index (χ1v) is 9.25. The van der Waals surface area contributed by atoms with Crippen LogP contribution in [-0.2, 0) is 17.6 Å². The van der Waals surface area contributed by atoms with Gasteiger partial charge in [0, 0.05) is 22.9 Å². The van der Waals surface area contributed by atoms with Crippen LogP contribution in [0.5, 0.6) is 5.75 Å². The van der Waals surface area contributed by atoms with Crippen molar-refractivity contribution in [2.45, 2.75) is 38.3 Å². The molecule has 3 heterocycles. The van der Waals surface area contributed by atoms with Gasteiger partial charge >= 0.3 is 0 Å². The van der Waals surface area contributed by atoms with Crippen molar-refractivity contribution in [3.05, 3.63) is 50.7 Å². The quantitative estimate of drug-likeness (QED) is 0.813. The molecule has 4 rings (SSSR count). The van der Waals surface area contributed by atoms with Crippen LogP contribution in [0.1, 0.15) is 35.4 Å². The standard InChI is InChI=1S/C18H18ClNO2S/c1-2-14-13-6-8-23-17(13)5-7-20(14)18(21)16-10-11-9-12(19)3-4-15(11)22-16/h3-4,6,8-9,14,16H,2,5,7,10H2,1H3. The zero-order valence-electron chi connectivity index (χ0n) is 12.9. The van der Waals surface area contributed by atoms with E-state index in [1.165, 1.54) is 10.4 Å². The molecule has 0 spiro atoms. The highest BCUT2D eigenvalue weighted by Crippen LogP contribution is 2.37. The fourth-order valence-corrected chi connectivity index (χ4v) is 4.76. The van der Waals surface area contributed by atoms with Gasteiger partial charge in [-0.05, 0) is 53.6 Å². The van der Waals surface area contributed by atoms with Crippen molar-refractivity contribution < 1.29 is 9.53 Å². The molecule has 1 aromatic carbocycles. The summed E-state index contributed by atoms with van der Waals surface area (Å²) in [6.07, 6.45) is 2.07. The Balaban J connectivity index is 1.56. The molecule has 0 aliphatic carbocycles. The van der Waals surface area contributed by atoms with Crippen LogP contribution >= 0.6 is 22.9 Å². The van der Waals surface area contributed by atoms with Crippen molar-refractivity contribution in [3.63, 3.8) is 0 Å². The summed E-state index contributed by atoms with van der Waals surface area (Å²) in [4.78, 5) is 16.5. The van der Waals surface area contributed by atoms with Crippen molar-refractivity contribution in [2.24, 2.45) is 0 Å². The van der Waals surface area contributed by atoms with Gasteiger partial charge in [0.15, 0.2) is 6.10 Å². The lowest BCUT2D eigenvalue weighted by Gasteiger charge is -2.36. The lowest BCUT2D eigenvalue weighted by molar-refractivity contribution is -0.141. The molecule has 0 fully saturated rings. The van der Waals surface area contributed by atoms with Crippen LogP contribution in [0.25, 0.3) is 0 Å². The lowest BCUT2D eigenvalue weighted by atomic mass is 9.96. The number of ether oxygens (including phenoxy) is 1. The SMILES string of the molecule is CCC1c2ccsc2CCN1C(=O)C1Cc2cc(Cl)ccc2O1. The molecule has 5 heteroatoms. The van der Waals surface area contributed by atoms with E-state index in [2.05, 4.69) is 18.4 Å². The molecule has 0 N–H and O–H groups in total. The second-order valence-electron chi connectivity index (χ2n) is 6.07. The first-order chi connectivity index (χ1) is 11.2. The molecule has 1 amide bonds. The maximum atomic E-state index is 13.0. The van der Waals surface area contributed by atoms with E-state index in [-0.39, 0.29) is 11.9 Å². The van der Waals surface area contributed by atoms with Crippen LogP contribution in [0, 0.1) is 0 Å². The number of hydrogen-bond donors (Lipinski definition) is 0. The van der Waals surface area contributed by atoms with Gasteiger partial charge in [-0.2, -0.15) is 0 Å². The predicted octanol–water partition coefficient (Wildman–Crippen LogP) is 4.24. The highest BCUT2D eigenvalue weighted by atomic mass is 35.5. The van der Waals surface area contributed by atoms with Crippen molar-refractivity contribution in [2.75, 3.05) is 6.54 Å². The summed E-state index contributed by atoms with van der Waals surface area (Å²) in [7, 11) is 0. The molecule has 0 radical (unpaired) electrons. The minimum absolute atomic E-state index is 0.0982. The van der Waals surface area contributed by atoms with Crippen LogP contribution in [0.4, 0.5) is 0 Å². The predicted molar refractivity (Wildman–Crippen MR) is 92.3 cm³/mol. The molecule has 2 aliphatic rings. The normalized spacial score (nSPS) is 22.4. The highest BCUT2D eigenvalue weighted by molar-refractivity contribution is 7.10. The second kappa shape index (κ2) is 5.84. The monoisotopic (exact) mass is 347 g/mol. The van der Waals surface area contributed by atoms with Crippen molar-refractivity contribution in [3.8, 4) is 5.75 Å². The van der Waals surface area contributed by atoms with E-state index >= 15 is 0 Å². The summed E-state index contributed by atoms with van der Waals surface area (Å²) in [6.45, 7) is 2.92. The first kappa shape index (κ1) is 15.0. The number of halogens is 1. The van der Waals surface area contributed by atoms with Gasteiger partial charge in [0.1, 0.15) is 5.75 Å². The van der Waals surface area contributed by atoms with Gasteiger partial charge in [-0.15, -0.1) is 11.3 Å². The minimum Gasteiger partial charge on any atom is -0.480 e. The summed E-state index contributed by atoms with van der Waals surface area (Å²) >= 11 is 7.84. The number of rotatable bonds is 2. The van der Waals surface area contributed by atoms with E-state index in [1.54, 1.807) is 17.4 Å². The van der Waals surface area contributed by atoms with Gasteiger partial charge in [-0.25, -0.2) is 0 Å². The molecule has 0 bridgehead atoms. The highest BCUT2D eigenvalue weighted by Gasteiger charge is 2.37. The van der Waals surface area contributed by atoms with Crippen LogP contribution < -0.4 is 4.74 Å². The number of carbonyl (C=O) groups excluding carboxylic acids is 1. The number of thiophene rings is 1. The van der Waals surface area contributed by atoms with Crippen LogP contribution in [0.3, 0.4) is 0 Å². The minimum atomic E-state index is -0.419. The van der Waals surface area contributed by atoms with E-state index in [9.17, 15) is 4.79 Å². The first-order valence-electron chi connectivity index (χ1n) is 7.99. The Bertz CT molecular complexity index is 757. The number of amides is 1. The fraction of sp³-hybridized carbons (Fsp3) is 0.389. The maximum absolute atomic E-state index is 13.0. The largest absolute Gasteiger partial charge is 0.480 e. The Morgan fingerprint density at radius 3 is 3.13 bits per heavy atom. The molecular formula is C18H18ClNO2S. The maximum Gasteiger partial charge on any atom is 0.264 e. The van der Waals surface area contributed by atoms with Crippen LogP contribution in [0.15, 0.2) is 29.6 Å². The smallest absolute Gasteiger partial charge is 0.264 e. The average molecular weight is 348 g/mol. The van der Waals surface area contributed by atoms with E-state index in [1.807, 2.05) is 17.0 Å². The third-order valence-corrected chi connectivity index (χ3v) is 5.97. The van der Waals surface area contributed by atoms with E-state index in [4.69, 9.17) is 16.3 Å². The van der Waals surface area contributed by atoms with Gasteiger partial charge < -0.3 is 9.64 Å². The second-order valence-corrected chi connectivity index (χ2v) is 7.50. The Labute approximate surface area is 144 Å². The molecule has 2 aromatic rings. The topological polar surface area (TPSA) is 29.5 Å². The third-order valence-electron chi connectivity index (χ3n) is 4.74. The van der Waals surface area contributed by atoms with E-state index < -0.39 is 6.10 Å². The Morgan fingerprint density at radius 2 is 2.30 bits per heavy atom. The molecule has 0 saturated heterocycles. The summed E-state index contributed by atoms with van der Waals surface area (Å²) < 4.78 is 5.89. The van der Waals surface area contributed by atoms with E-state index in [0.29, 0.717) is 11.4 Å². The molecule has 120 valence electrons. The van der Waals surface area contributed by atoms with Gasteiger partial charge in [0.05, 0.1) is 6.04 Å². The fourth-order valence-electron chi connectivity index (χ4n) is 3.64. The van der Waals surface area contributed by atoms with Gasteiger partial charge in [-0.3, -0.25) is 4.79 Å². The summed E-state index contributed by atoms with van der Waals surface area (Å²) in [5.74, 6) is 0.884. The summed E-state index contributed by atoms with van der Waals surface area (Å²) in [5.41, 5.74) is 2.34. The Hall–Kier alpha value is -1.52. The van der Waals surface area contributed by atoms with Crippen molar-refractivity contribution in [1.82, 2.24) is 4.90 Å². The van der Waals surface area contributed by atoms with Crippen LogP contribution in [0.2, 0.25) is 5.02 Å². The molecule has 3 nitrogen and oxygen atoms in total. The van der Waals surface area contributed by atoms with Gasteiger partial charge in [0.2, 0.25) is 0 Å². The summed E-state index contributed by atoms with van der Waals surface area (Å²) in [5, 5.41) is 2.82. The number of benzene rings is 1. The number of fused-ring (bicyclic) bond motifs is 2. The molecule has 1 aromatic heterocycles. The molecule has 2 atom stereocenters. The zero-order chi connectivity index (χ0) is 16.0. The van der Waals surface area contributed by atoms with Gasteiger partial charge in [0.25, 0.3) is 5.91 Å². The number of nitrogens with zero attached hydrogens (tertiary/aromatic N) is 1. The molecular weight excluding hydrogens is 330 g/mol. The average Bonchev–Trinajstić information content (AvgIpc) is 3.18. The van der Waals surface area contributed by atoms with Crippen molar-refractivity contribution in [1.29, 1.82) is 0 Å². The number of carbonyl (C=O) groups is 1. The summed E-state index contributed by atoms with van der Waals surface area (Å²) in [6, 6.07) is 7.90. The Kier molecular flexibility index (Phi) is 3.82.